The highest BCUT2D eigenvalue weighted by atomic mass is 35.5. The molecule has 2 aromatic rings. The predicted molar refractivity (Wildman–Crippen MR) is 169 cm³/mol. The third-order valence-corrected chi connectivity index (χ3v) is 11.6. The quantitative estimate of drug-likeness (QED) is 0.250. The van der Waals surface area contributed by atoms with E-state index in [1.54, 1.807) is 28.4 Å². The van der Waals surface area contributed by atoms with Crippen LogP contribution < -0.4 is 18.9 Å². The molecule has 2 aromatic carbocycles. The van der Waals surface area contributed by atoms with Gasteiger partial charge in [-0.1, -0.05) is 31.9 Å². The summed E-state index contributed by atoms with van der Waals surface area (Å²) >= 11 is 4.22. The van der Waals surface area contributed by atoms with E-state index in [0.29, 0.717) is 5.92 Å². The molecule has 1 aliphatic heterocycles. The van der Waals surface area contributed by atoms with Crippen LogP contribution in [0.1, 0.15) is 56.6 Å². The Hall–Kier alpha value is -1.41. The van der Waals surface area contributed by atoms with Gasteiger partial charge in [-0.25, -0.2) is 0 Å². The van der Waals surface area contributed by atoms with Crippen molar-refractivity contribution in [3.63, 3.8) is 0 Å². The Morgan fingerprint density at radius 3 is 1.82 bits per heavy atom. The van der Waals surface area contributed by atoms with Crippen LogP contribution in [-0.2, 0) is 9.49 Å². The van der Waals surface area contributed by atoms with E-state index in [0.717, 1.165) is 42.5 Å². The van der Waals surface area contributed by atoms with Gasteiger partial charge in [-0.05, 0) is 85.5 Å². The van der Waals surface area contributed by atoms with Crippen LogP contribution in [0.2, 0.25) is 0 Å². The number of ether oxygens (including phenoxy) is 4. The Balaban J connectivity index is 0.00000420. The molecule has 2 aliphatic rings. The van der Waals surface area contributed by atoms with Crippen molar-refractivity contribution < 1.29 is 18.9 Å². The zero-order chi connectivity index (χ0) is 27.2. The van der Waals surface area contributed by atoms with Crippen molar-refractivity contribution in [1.82, 2.24) is 4.90 Å². The largest absolute Gasteiger partial charge is 0.493 e. The first-order valence-electron chi connectivity index (χ1n) is 13.8. The second-order valence-electron chi connectivity index (χ2n) is 10.9. The standard InChI is InChI=1S/C31H45NO4S2.ClH/c1-23(20-31(37-16-9-17-38-31)25-11-13-27(34-4)29(19-25)36-6)21-32(2)22-30(14-7-8-15-30)24-10-12-26(33-3)28(18-24)35-5;/h10-13,18-19,23H,7-9,14-17,20-22H2,1-6H3;1H. The molecule has 1 atom stereocenters. The van der Waals surface area contributed by atoms with Gasteiger partial charge in [0.2, 0.25) is 0 Å². The Bertz CT molecular complexity index is 1060. The summed E-state index contributed by atoms with van der Waals surface area (Å²) in [6.45, 7) is 4.56. The molecular formula is C31H46ClNO4S2. The Morgan fingerprint density at radius 1 is 0.769 bits per heavy atom. The Labute approximate surface area is 250 Å². The summed E-state index contributed by atoms with van der Waals surface area (Å²) in [6, 6.07) is 13.0. The molecule has 1 unspecified atom stereocenters. The van der Waals surface area contributed by atoms with Crippen molar-refractivity contribution in [2.45, 2.75) is 54.9 Å². The van der Waals surface area contributed by atoms with Crippen molar-refractivity contribution in [3.8, 4) is 23.0 Å². The Morgan fingerprint density at radius 2 is 1.28 bits per heavy atom. The lowest BCUT2D eigenvalue weighted by atomic mass is 9.78. The molecule has 5 nitrogen and oxygen atoms in total. The summed E-state index contributed by atoms with van der Waals surface area (Å²) < 4.78 is 22.4. The third kappa shape index (κ3) is 7.27. The SMILES string of the molecule is COc1ccc(C2(CN(C)CC(C)CC3(c4ccc(OC)c(OC)c4)SCCCS3)CCCC2)cc1OC.Cl. The van der Waals surface area contributed by atoms with Crippen LogP contribution in [0, 0.1) is 5.92 Å². The van der Waals surface area contributed by atoms with Crippen LogP contribution in [0.3, 0.4) is 0 Å². The van der Waals surface area contributed by atoms with Crippen LogP contribution in [0.25, 0.3) is 0 Å². The minimum Gasteiger partial charge on any atom is -0.493 e. The second-order valence-corrected chi connectivity index (χ2v) is 14.0. The number of nitrogens with zero attached hydrogens (tertiary/aromatic N) is 1. The topological polar surface area (TPSA) is 40.2 Å². The summed E-state index contributed by atoms with van der Waals surface area (Å²) in [6.07, 6.45) is 7.42. The molecule has 4 rings (SSSR count). The van der Waals surface area contributed by atoms with Crippen LogP contribution in [0.4, 0.5) is 0 Å². The summed E-state index contributed by atoms with van der Waals surface area (Å²) in [5.41, 5.74) is 2.90. The molecule has 1 saturated heterocycles. The molecule has 0 radical (unpaired) electrons. The normalized spacial score (nSPS) is 18.7. The average Bonchev–Trinajstić information content (AvgIpc) is 3.41. The van der Waals surface area contributed by atoms with Crippen molar-refractivity contribution in [3.05, 3.63) is 47.5 Å². The van der Waals surface area contributed by atoms with Gasteiger partial charge in [-0.15, -0.1) is 35.9 Å². The van der Waals surface area contributed by atoms with E-state index in [-0.39, 0.29) is 21.9 Å². The zero-order valence-electron chi connectivity index (χ0n) is 24.4. The van der Waals surface area contributed by atoms with Crippen molar-refractivity contribution in [1.29, 1.82) is 0 Å². The van der Waals surface area contributed by atoms with Crippen LogP contribution in [-0.4, -0.2) is 65.0 Å². The smallest absolute Gasteiger partial charge is 0.161 e. The number of thioether (sulfide) groups is 2. The molecule has 0 aromatic heterocycles. The van der Waals surface area contributed by atoms with Crippen molar-refractivity contribution in [2.24, 2.45) is 5.92 Å². The number of likely N-dealkylation sites (N-methyl/N-ethyl adjacent to an activating group) is 1. The fourth-order valence-electron chi connectivity index (χ4n) is 6.44. The molecule has 39 heavy (non-hydrogen) atoms. The lowest BCUT2D eigenvalue weighted by molar-refractivity contribution is 0.213. The van der Waals surface area contributed by atoms with E-state index >= 15 is 0 Å². The second kappa shape index (κ2) is 14.5. The molecule has 8 heteroatoms. The average molecular weight is 596 g/mol. The van der Waals surface area contributed by atoms with Gasteiger partial charge in [0, 0.05) is 18.5 Å². The van der Waals surface area contributed by atoms with E-state index in [9.17, 15) is 0 Å². The maximum atomic E-state index is 5.67. The van der Waals surface area contributed by atoms with Gasteiger partial charge < -0.3 is 23.8 Å². The molecule has 1 aliphatic carbocycles. The summed E-state index contributed by atoms with van der Waals surface area (Å²) in [5.74, 6) is 6.19. The van der Waals surface area contributed by atoms with Crippen molar-refractivity contribution >= 4 is 35.9 Å². The van der Waals surface area contributed by atoms with E-state index < -0.39 is 0 Å². The minimum absolute atomic E-state index is 0. The lowest BCUT2D eigenvalue weighted by Crippen LogP contribution is -2.40. The summed E-state index contributed by atoms with van der Waals surface area (Å²) in [4.78, 5) is 2.58. The van der Waals surface area contributed by atoms with Crippen molar-refractivity contribution in [2.75, 3.05) is 60.1 Å². The highest BCUT2D eigenvalue weighted by Crippen LogP contribution is 2.55. The van der Waals surface area contributed by atoms with Gasteiger partial charge in [0.25, 0.3) is 0 Å². The van der Waals surface area contributed by atoms with E-state index in [1.807, 2.05) is 0 Å². The number of halogens is 1. The van der Waals surface area contributed by atoms with Crippen LogP contribution in [0.5, 0.6) is 23.0 Å². The number of methoxy groups -OCH3 is 4. The first kappa shape index (κ1) is 32.1. The monoisotopic (exact) mass is 595 g/mol. The minimum atomic E-state index is 0. The van der Waals surface area contributed by atoms with Gasteiger partial charge in [-0.2, -0.15) is 0 Å². The molecule has 0 amide bonds. The predicted octanol–water partition coefficient (Wildman–Crippen LogP) is 7.64. The molecule has 0 bridgehead atoms. The Kier molecular flexibility index (Phi) is 11.9. The lowest BCUT2D eigenvalue weighted by Gasteiger charge is -2.40. The third-order valence-electron chi connectivity index (χ3n) is 8.15. The molecule has 218 valence electrons. The fraction of sp³-hybridized carbons (Fsp3) is 0.613. The van der Waals surface area contributed by atoms with Gasteiger partial charge >= 0.3 is 0 Å². The molecule has 1 saturated carbocycles. The fourth-order valence-corrected chi connectivity index (χ4v) is 10.1. The zero-order valence-corrected chi connectivity index (χ0v) is 26.9. The molecular weight excluding hydrogens is 550 g/mol. The molecule has 0 spiro atoms. The molecule has 1 heterocycles. The number of hydrogen-bond acceptors (Lipinski definition) is 7. The van der Waals surface area contributed by atoms with Gasteiger partial charge in [-0.3, -0.25) is 0 Å². The number of benzene rings is 2. The summed E-state index contributed by atoms with van der Waals surface area (Å²) in [5, 5.41) is 0. The van der Waals surface area contributed by atoms with E-state index in [4.69, 9.17) is 18.9 Å². The van der Waals surface area contributed by atoms with Crippen LogP contribution >= 0.6 is 35.9 Å². The molecule has 0 N–H and O–H groups in total. The number of hydrogen-bond donors (Lipinski definition) is 0. The maximum Gasteiger partial charge on any atom is 0.161 e. The molecule has 2 fully saturated rings. The highest BCUT2D eigenvalue weighted by Gasteiger charge is 2.40. The highest BCUT2D eigenvalue weighted by molar-refractivity contribution is 8.18. The maximum absolute atomic E-state index is 5.67. The number of rotatable bonds is 12. The van der Waals surface area contributed by atoms with Gasteiger partial charge in [0.05, 0.1) is 32.5 Å². The first-order chi connectivity index (χ1) is 18.4. The summed E-state index contributed by atoms with van der Waals surface area (Å²) in [7, 11) is 9.17. The van der Waals surface area contributed by atoms with E-state index in [2.05, 4.69) is 78.8 Å². The van der Waals surface area contributed by atoms with Crippen LogP contribution in [0.15, 0.2) is 36.4 Å². The van der Waals surface area contributed by atoms with E-state index in [1.165, 1.54) is 54.7 Å². The van der Waals surface area contributed by atoms with Gasteiger partial charge in [0.1, 0.15) is 0 Å². The van der Waals surface area contributed by atoms with Gasteiger partial charge in [0.15, 0.2) is 23.0 Å². The first-order valence-corrected chi connectivity index (χ1v) is 15.8.